The molecular formula is C18H16S2. The van der Waals surface area contributed by atoms with Gasteiger partial charge >= 0.3 is 0 Å². The summed E-state index contributed by atoms with van der Waals surface area (Å²) in [5.74, 6) is 0. The van der Waals surface area contributed by atoms with Crippen LogP contribution in [0, 0.1) is 0 Å². The van der Waals surface area contributed by atoms with Crippen LogP contribution in [0.3, 0.4) is 0 Å². The molecule has 0 saturated carbocycles. The Morgan fingerprint density at radius 2 is 0.900 bits per heavy atom. The van der Waals surface area contributed by atoms with E-state index in [4.69, 9.17) is 0 Å². The van der Waals surface area contributed by atoms with Crippen LogP contribution in [0.1, 0.15) is 25.0 Å². The summed E-state index contributed by atoms with van der Waals surface area (Å²) >= 11 is 3.78. The van der Waals surface area contributed by atoms with Gasteiger partial charge in [0.2, 0.25) is 0 Å². The van der Waals surface area contributed by atoms with E-state index >= 15 is 0 Å². The summed E-state index contributed by atoms with van der Waals surface area (Å²) in [6.45, 7) is 4.44. The standard InChI is InChI=1S/C18H16S2/c1-13-17(15-9-5-3-6-10-15)20-14(2)18(19-13)16-11-7-4-8-12-16/h3-12H,1-2H3. The lowest BCUT2D eigenvalue weighted by Gasteiger charge is -2.21. The number of allylic oxidation sites excluding steroid dienone is 2. The average molecular weight is 296 g/mol. The van der Waals surface area contributed by atoms with E-state index in [1.54, 1.807) is 0 Å². The first-order valence-corrected chi connectivity index (χ1v) is 8.27. The molecule has 0 bridgehead atoms. The molecule has 2 heteroatoms. The molecule has 0 fully saturated rings. The second-order valence-corrected chi connectivity index (χ2v) is 7.16. The molecule has 0 nitrogen and oxygen atoms in total. The number of hydrogen-bond donors (Lipinski definition) is 0. The van der Waals surface area contributed by atoms with Gasteiger partial charge in [0.15, 0.2) is 0 Å². The first-order valence-electron chi connectivity index (χ1n) is 6.64. The van der Waals surface area contributed by atoms with E-state index in [9.17, 15) is 0 Å². The van der Waals surface area contributed by atoms with Crippen LogP contribution in [0.15, 0.2) is 70.5 Å². The maximum atomic E-state index is 2.22. The van der Waals surface area contributed by atoms with Crippen molar-refractivity contribution in [1.29, 1.82) is 0 Å². The fraction of sp³-hybridized carbons (Fsp3) is 0.111. The van der Waals surface area contributed by atoms with Crippen molar-refractivity contribution in [2.75, 3.05) is 0 Å². The minimum absolute atomic E-state index is 1.31. The van der Waals surface area contributed by atoms with Gasteiger partial charge in [0, 0.05) is 19.6 Å². The molecule has 0 aliphatic carbocycles. The van der Waals surface area contributed by atoms with Gasteiger partial charge in [-0.15, -0.1) is 0 Å². The molecule has 3 rings (SSSR count). The highest BCUT2D eigenvalue weighted by molar-refractivity contribution is 8.19. The van der Waals surface area contributed by atoms with E-state index in [1.807, 2.05) is 23.5 Å². The van der Waals surface area contributed by atoms with E-state index < -0.39 is 0 Å². The van der Waals surface area contributed by atoms with E-state index in [0.29, 0.717) is 0 Å². The van der Waals surface area contributed by atoms with Gasteiger partial charge < -0.3 is 0 Å². The van der Waals surface area contributed by atoms with Crippen molar-refractivity contribution in [3.63, 3.8) is 0 Å². The van der Waals surface area contributed by atoms with Crippen molar-refractivity contribution in [2.24, 2.45) is 0 Å². The third-order valence-corrected chi connectivity index (χ3v) is 5.99. The lowest BCUT2D eigenvalue weighted by molar-refractivity contribution is 1.59. The van der Waals surface area contributed by atoms with Crippen LogP contribution >= 0.6 is 23.5 Å². The zero-order valence-electron chi connectivity index (χ0n) is 11.6. The number of rotatable bonds is 2. The van der Waals surface area contributed by atoms with E-state index in [2.05, 4.69) is 74.5 Å². The minimum atomic E-state index is 1.31. The quantitative estimate of drug-likeness (QED) is 0.643. The molecule has 0 amide bonds. The summed E-state index contributed by atoms with van der Waals surface area (Å²) in [5, 5.41) is 0. The van der Waals surface area contributed by atoms with E-state index in [0.717, 1.165) is 0 Å². The first kappa shape index (κ1) is 13.6. The summed E-state index contributed by atoms with van der Waals surface area (Å²) in [6.07, 6.45) is 0. The second-order valence-electron chi connectivity index (χ2n) is 4.71. The third-order valence-electron chi connectivity index (χ3n) is 3.22. The van der Waals surface area contributed by atoms with Crippen LogP contribution in [-0.4, -0.2) is 0 Å². The highest BCUT2D eigenvalue weighted by Gasteiger charge is 2.19. The van der Waals surface area contributed by atoms with Crippen molar-refractivity contribution >= 4 is 33.3 Å². The Bertz CT molecular complexity index is 606. The largest absolute Gasteiger partial charge is 0.0922 e. The second kappa shape index (κ2) is 5.94. The van der Waals surface area contributed by atoms with Gasteiger partial charge in [-0.25, -0.2) is 0 Å². The maximum Gasteiger partial charge on any atom is 0.0287 e. The lowest BCUT2D eigenvalue weighted by Crippen LogP contribution is -1.92. The highest BCUT2D eigenvalue weighted by Crippen LogP contribution is 2.52. The Kier molecular flexibility index (Phi) is 4.04. The molecule has 100 valence electrons. The van der Waals surface area contributed by atoms with Crippen molar-refractivity contribution < 1.29 is 0 Å². The molecule has 0 saturated heterocycles. The van der Waals surface area contributed by atoms with Crippen molar-refractivity contribution in [2.45, 2.75) is 13.8 Å². The molecule has 1 aliphatic heterocycles. The molecule has 1 heterocycles. The van der Waals surface area contributed by atoms with Crippen molar-refractivity contribution in [3.05, 3.63) is 81.6 Å². The molecule has 0 unspecified atom stereocenters. The Morgan fingerprint density at radius 3 is 1.25 bits per heavy atom. The molecule has 20 heavy (non-hydrogen) atoms. The predicted octanol–water partition coefficient (Wildman–Crippen LogP) is 6.24. The molecule has 0 N–H and O–H groups in total. The van der Waals surface area contributed by atoms with Crippen LogP contribution in [0.4, 0.5) is 0 Å². The summed E-state index contributed by atoms with van der Waals surface area (Å²) in [6, 6.07) is 21.3. The fourth-order valence-electron chi connectivity index (χ4n) is 2.25. The first-order chi connectivity index (χ1) is 9.75. The van der Waals surface area contributed by atoms with Crippen molar-refractivity contribution in [1.82, 2.24) is 0 Å². The van der Waals surface area contributed by atoms with Gasteiger partial charge in [-0.3, -0.25) is 0 Å². The van der Waals surface area contributed by atoms with Gasteiger partial charge in [0.1, 0.15) is 0 Å². The lowest BCUT2D eigenvalue weighted by atomic mass is 10.2. The normalized spacial score (nSPS) is 15.7. The minimum Gasteiger partial charge on any atom is -0.0922 e. The maximum absolute atomic E-state index is 2.22. The summed E-state index contributed by atoms with van der Waals surface area (Å²) in [7, 11) is 0. The Balaban J connectivity index is 1.95. The fourth-order valence-corrected chi connectivity index (χ4v) is 4.57. The van der Waals surface area contributed by atoms with E-state index in [1.165, 1.54) is 30.7 Å². The molecule has 2 aromatic rings. The third kappa shape index (κ3) is 2.72. The molecular weight excluding hydrogens is 280 g/mol. The molecule has 0 radical (unpaired) electrons. The topological polar surface area (TPSA) is 0 Å². The summed E-state index contributed by atoms with van der Waals surface area (Å²) in [5.41, 5.74) is 2.63. The van der Waals surface area contributed by atoms with Crippen LogP contribution < -0.4 is 0 Å². The smallest absolute Gasteiger partial charge is 0.0287 e. The van der Waals surface area contributed by atoms with Crippen LogP contribution in [0.2, 0.25) is 0 Å². The van der Waals surface area contributed by atoms with Crippen molar-refractivity contribution in [3.8, 4) is 0 Å². The molecule has 0 aromatic heterocycles. The monoisotopic (exact) mass is 296 g/mol. The predicted molar refractivity (Wildman–Crippen MR) is 93.3 cm³/mol. The number of benzene rings is 2. The van der Waals surface area contributed by atoms with Crippen LogP contribution in [-0.2, 0) is 0 Å². The highest BCUT2D eigenvalue weighted by atomic mass is 32.2. The van der Waals surface area contributed by atoms with Gasteiger partial charge in [0.25, 0.3) is 0 Å². The van der Waals surface area contributed by atoms with Gasteiger partial charge in [0.05, 0.1) is 0 Å². The molecule has 2 aromatic carbocycles. The average Bonchev–Trinajstić information content (AvgIpc) is 2.51. The Hall–Kier alpha value is -1.38. The van der Waals surface area contributed by atoms with Crippen LogP contribution in [0.25, 0.3) is 9.81 Å². The zero-order chi connectivity index (χ0) is 13.9. The Morgan fingerprint density at radius 1 is 0.550 bits per heavy atom. The zero-order valence-corrected chi connectivity index (χ0v) is 13.2. The van der Waals surface area contributed by atoms with Gasteiger partial charge in [-0.1, -0.05) is 84.2 Å². The van der Waals surface area contributed by atoms with Gasteiger partial charge in [-0.2, -0.15) is 0 Å². The Labute approximate surface area is 129 Å². The van der Waals surface area contributed by atoms with Gasteiger partial charge in [-0.05, 0) is 25.0 Å². The SMILES string of the molecule is CC1=C(c2ccccc2)SC(C)=C(c2ccccc2)S1. The molecule has 0 atom stereocenters. The summed E-state index contributed by atoms with van der Waals surface area (Å²) < 4.78 is 0. The number of hydrogen-bond acceptors (Lipinski definition) is 2. The van der Waals surface area contributed by atoms with Crippen LogP contribution in [0.5, 0.6) is 0 Å². The molecule has 0 spiro atoms. The van der Waals surface area contributed by atoms with E-state index in [-0.39, 0.29) is 0 Å². The number of thioether (sulfide) groups is 2. The molecule has 1 aliphatic rings. The summed E-state index contributed by atoms with van der Waals surface area (Å²) in [4.78, 5) is 5.52.